The van der Waals surface area contributed by atoms with Crippen molar-refractivity contribution in [3.05, 3.63) is 58.9 Å². The van der Waals surface area contributed by atoms with Crippen molar-refractivity contribution in [3.63, 3.8) is 0 Å². The summed E-state index contributed by atoms with van der Waals surface area (Å²) in [6.07, 6.45) is 0. The number of rotatable bonds is 4. The smallest absolute Gasteiger partial charge is 0.127 e. The lowest BCUT2D eigenvalue weighted by atomic mass is 9.99. The quantitative estimate of drug-likeness (QED) is 0.864. The van der Waals surface area contributed by atoms with Gasteiger partial charge in [-0.1, -0.05) is 31.2 Å². The summed E-state index contributed by atoms with van der Waals surface area (Å²) in [5, 5.41) is 3.16. The van der Waals surface area contributed by atoms with Gasteiger partial charge in [0.2, 0.25) is 0 Å². The van der Waals surface area contributed by atoms with Crippen LogP contribution in [0, 0.1) is 19.7 Å². The van der Waals surface area contributed by atoms with E-state index in [9.17, 15) is 4.39 Å². The summed E-state index contributed by atoms with van der Waals surface area (Å²) >= 11 is 0. The highest BCUT2D eigenvalue weighted by Crippen LogP contribution is 2.24. The van der Waals surface area contributed by atoms with E-state index in [1.807, 2.05) is 19.1 Å². The van der Waals surface area contributed by atoms with E-state index < -0.39 is 0 Å². The molecule has 0 aliphatic rings. The van der Waals surface area contributed by atoms with Crippen molar-refractivity contribution >= 4 is 0 Å². The molecule has 1 N–H and O–H groups in total. The van der Waals surface area contributed by atoms with E-state index in [1.54, 1.807) is 6.07 Å². The molecule has 0 heterocycles. The summed E-state index contributed by atoms with van der Waals surface area (Å²) in [4.78, 5) is 0. The third-order valence-electron chi connectivity index (χ3n) is 3.45. The Labute approximate surface area is 114 Å². The monoisotopic (exact) mass is 257 g/mol. The Morgan fingerprint density at radius 2 is 1.63 bits per heavy atom. The van der Waals surface area contributed by atoms with E-state index in [-0.39, 0.29) is 5.82 Å². The molecule has 0 unspecified atom stereocenters. The number of hydrogen-bond acceptors (Lipinski definition) is 1. The molecule has 0 atom stereocenters. The average molecular weight is 257 g/mol. The molecule has 0 spiro atoms. The minimum atomic E-state index is -0.145. The van der Waals surface area contributed by atoms with Gasteiger partial charge in [-0.2, -0.15) is 0 Å². The summed E-state index contributed by atoms with van der Waals surface area (Å²) in [5.74, 6) is -0.145. The second kappa shape index (κ2) is 5.98. The Bertz CT molecular complexity index is 575. The lowest BCUT2D eigenvalue weighted by molar-refractivity contribution is 0.593. The van der Waals surface area contributed by atoms with Crippen LogP contribution in [0.1, 0.15) is 23.6 Å². The van der Waals surface area contributed by atoms with E-state index in [0.717, 1.165) is 23.2 Å². The van der Waals surface area contributed by atoms with Crippen LogP contribution in [0.3, 0.4) is 0 Å². The van der Waals surface area contributed by atoms with Crippen LogP contribution in [0.15, 0.2) is 36.4 Å². The molecule has 0 radical (unpaired) electrons. The van der Waals surface area contributed by atoms with Crippen LogP contribution in [-0.2, 0) is 6.54 Å². The van der Waals surface area contributed by atoms with Gasteiger partial charge in [0.15, 0.2) is 0 Å². The molecule has 0 aromatic heterocycles. The number of nitrogens with one attached hydrogen (secondary N) is 1. The predicted octanol–water partition coefficient (Wildman–Crippen LogP) is 4.22. The summed E-state index contributed by atoms with van der Waals surface area (Å²) < 4.78 is 13.7. The van der Waals surface area contributed by atoms with Crippen molar-refractivity contribution in [2.24, 2.45) is 0 Å². The summed E-state index contributed by atoms with van der Waals surface area (Å²) in [6.45, 7) is 7.63. The van der Waals surface area contributed by atoms with Crippen LogP contribution < -0.4 is 5.32 Å². The Morgan fingerprint density at radius 3 is 2.32 bits per heavy atom. The first-order valence-corrected chi connectivity index (χ1v) is 6.68. The predicted molar refractivity (Wildman–Crippen MR) is 78.7 cm³/mol. The zero-order valence-electron chi connectivity index (χ0n) is 11.8. The first kappa shape index (κ1) is 13.8. The fourth-order valence-electron chi connectivity index (χ4n) is 2.07. The fourth-order valence-corrected chi connectivity index (χ4v) is 2.07. The molecule has 2 aromatic carbocycles. The number of benzene rings is 2. The molecular formula is C17H20FN. The van der Waals surface area contributed by atoms with E-state index >= 15 is 0 Å². The van der Waals surface area contributed by atoms with Gasteiger partial charge >= 0.3 is 0 Å². The van der Waals surface area contributed by atoms with Gasteiger partial charge < -0.3 is 5.32 Å². The summed E-state index contributed by atoms with van der Waals surface area (Å²) in [7, 11) is 0. The van der Waals surface area contributed by atoms with Crippen molar-refractivity contribution in [2.75, 3.05) is 6.54 Å². The SMILES string of the molecule is CCNCc1cc(-c2ccc(C)c(C)c2)ccc1F. The van der Waals surface area contributed by atoms with Crippen LogP contribution in [0.4, 0.5) is 4.39 Å². The zero-order chi connectivity index (χ0) is 13.8. The average Bonchev–Trinajstić information content (AvgIpc) is 2.41. The lowest BCUT2D eigenvalue weighted by Crippen LogP contribution is -2.12. The number of halogens is 1. The van der Waals surface area contributed by atoms with E-state index in [0.29, 0.717) is 6.54 Å². The van der Waals surface area contributed by atoms with Gasteiger partial charge in [-0.15, -0.1) is 0 Å². The van der Waals surface area contributed by atoms with Crippen LogP contribution in [0.5, 0.6) is 0 Å². The van der Waals surface area contributed by atoms with Gasteiger partial charge in [-0.3, -0.25) is 0 Å². The zero-order valence-corrected chi connectivity index (χ0v) is 11.8. The molecule has 2 aromatic rings. The van der Waals surface area contributed by atoms with Crippen molar-refractivity contribution in [1.82, 2.24) is 5.32 Å². The Kier molecular flexibility index (Phi) is 4.33. The first-order chi connectivity index (χ1) is 9.11. The van der Waals surface area contributed by atoms with Gasteiger partial charge in [0, 0.05) is 12.1 Å². The Hall–Kier alpha value is -1.67. The van der Waals surface area contributed by atoms with E-state index in [4.69, 9.17) is 0 Å². The van der Waals surface area contributed by atoms with Crippen molar-refractivity contribution in [1.29, 1.82) is 0 Å². The molecule has 2 rings (SSSR count). The third-order valence-corrected chi connectivity index (χ3v) is 3.45. The molecule has 1 nitrogen and oxygen atoms in total. The summed E-state index contributed by atoms with van der Waals surface area (Å²) in [5.41, 5.74) is 5.46. The summed E-state index contributed by atoms with van der Waals surface area (Å²) in [6, 6.07) is 11.7. The van der Waals surface area contributed by atoms with Crippen LogP contribution in [0.2, 0.25) is 0 Å². The van der Waals surface area contributed by atoms with Gasteiger partial charge in [0.05, 0.1) is 0 Å². The molecule has 0 saturated heterocycles. The maximum absolute atomic E-state index is 13.7. The van der Waals surface area contributed by atoms with Crippen molar-refractivity contribution in [3.8, 4) is 11.1 Å². The molecule has 2 heteroatoms. The van der Waals surface area contributed by atoms with Crippen molar-refractivity contribution in [2.45, 2.75) is 27.3 Å². The number of hydrogen-bond donors (Lipinski definition) is 1. The highest BCUT2D eigenvalue weighted by molar-refractivity contribution is 5.65. The van der Waals surface area contributed by atoms with Gasteiger partial charge in [0.1, 0.15) is 5.82 Å². The van der Waals surface area contributed by atoms with Gasteiger partial charge in [-0.05, 0) is 54.8 Å². The van der Waals surface area contributed by atoms with Gasteiger partial charge in [-0.25, -0.2) is 4.39 Å². The molecule has 0 bridgehead atoms. The Morgan fingerprint density at radius 1 is 0.947 bits per heavy atom. The minimum absolute atomic E-state index is 0.145. The first-order valence-electron chi connectivity index (χ1n) is 6.68. The van der Waals surface area contributed by atoms with Crippen LogP contribution in [-0.4, -0.2) is 6.54 Å². The molecule has 19 heavy (non-hydrogen) atoms. The van der Waals surface area contributed by atoms with Gasteiger partial charge in [0.25, 0.3) is 0 Å². The van der Waals surface area contributed by atoms with E-state index in [2.05, 4.69) is 37.4 Å². The highest BCUT2D eigenvalue weighted by Gasteiger charge is 2.05. The van der Waals surface area contributed by atoms with Crippen LogP contribution >= 0.6 is 0 Å². The topological polar surface area (TPSA) is 12.0 Å². The second-order valence-corrected chi connectivity index (χ2v) is 4.89. The fraction of sp³-hybridized carbons (Fsp3) is 0.294. The molecule has 0 aliphatic heterocycles. The molecule has 0 saturated carbocycles. The highest BCUT2D eigenvalue weighted by atomic mass is 19.1. The maximum Gasteiger partial charge on any atom is 0.127 e. The molecule has 0 fully saturated rings. The number of aryl methyl sites for hydroxylation is 2. The maximum atomic E-state index is 13.7. The minimum Gasteiger partial charge on any atom is -0.313 e. The standard InChI is InChI=1S/C17H20FN/c1-4-19-11-16-10-15(7-8-17(16)18)14-6-5-12(2)13(3)9-14/h5-10,19H,4,11H2,1-3H3. The molecular weight excluding hydrogens is 237 g/mol. The molecule has 0 aliphatic carbocycles. The third kappa shape index (κ3) is 3.21. The lowest BCUT2D eigenvalue weighted by Gasteiger charge is -2.09. The molecule has 0 amide bonds. The normalized spacial score (nSPS) is 10.7. The van der Waals surface area contributed by atoms with Crippen LogP contribution in [0.25, 0.3) is 11.1 Å². The molecule has 100 valence electrons. The second-order valence-electron chi connectivity index (χ2n) is 4.89. The van der Waals surface area contributed by atoms with E-state index in [1.165, 1.54) is 11.1 Å². The Balaban J connectivity index is 2.36. The van der Waals surface area contributed by atoms with Crippen molar-refractivity contribution < 1.29 is 4.39 Å². The largest absolute Gasteiger partial charge is 0.313 e.